The Labute approximate surface area is 256 Å². The number of nitrogens with zero attached hydrogens (tertiary/aromatic N) is 3. The molecule has 10 aromatic rings. The summed E-state index contributed by atoms with van der Waals surface area (Å²) in [6, 6.07) is 50.1. The molecule has 10 rings (SSSR count). The first-order valence-electron chi connectivity index (χ1n) is 14.8. The van der Waals surface area contributed by atoms with Crippen LogP contribution >= 0.6 is 11.3 Å². The van der Waals surface area contributed by atoms with Crippen LogP contribution in [0.15, 0.2) is 140 Å². The monoisotopic (exact) mass is 577 g/mol. The molecule has 0 saturated carbocycles. The van der Waals surface area contributed by atoms with E-state index in [0.717, 1.165) is 32.5 Å². The lowest BCUT2D eigenvalue weighted by Crippen LogP contribution is -2.03. The van der Waals surface area contributed by atoms with Crippen molar-refractivity contribution in [2.45, 2.75) is 0 Å². The smallest absolute Gasteiger partial charge is 0.236 e. The Hall–Kier alpha value is -5.58. The minimum Gasteiger partial charge on any atom is -0.278 e. The molecule has 0 aliphatic rings. The molecule has 204 valence electrons. The van der Waals surface area contributed by atoms with Crippen molar-refractivity contribution < 1.29 is 0 Å². The molecule has 44 heavy (non-hydrogen) atoms. The second-order valence-corrected chi connectivity index (χ2v) is 12.4. The van der Waals surface area contributed by atoms with E-state index in [1.807, 2.05) is 0 Å². The van der Waals surface area contributed by atoms with Gasteiger partial charge in [0.1, 0.15) is 4.83 Å². The number of hydrogen-bond acceptors (Lipinski definition) is 3. The Morgan fingerprint density at radius 2 is 1.09 bits per heavy atom. The van der Waals surface area contributed by atoms with Crippen LogP contribution in [0.5, 0.6) is 0 Å². The predicted molar refractivity (Wildman–Crippen MR) is 187 cm³/mol. The SMILES string of the molecule is c1ccc2cc3c(cc2c1)c1ccccc1n3-c1nc(-c2cc3ccccc3c3ccccc23)c2c(n1)sc1ccccc12. The highest BCUT2D eigenvalue weighted by molar-refractivity contribution is 7.25. The number of rotatable bonds is 2. The maximum atomic E-state index is 5.53. The second-order valence-electron chi connectivity index (χ2n) is 11.4. The Morgan fingerprint density at radius 1 is 0.455 bits per heavy atom. The van der Waals surface area contributed by atoms with Crippen LogP contribution in [0.4, 0.5) is 0 Å². The van der Waals surface area contributed by atoms with Gasteiger partial charge in [0.05, 0.1) is 16.7 Å². The van der Waals surface area contributed by atoms with Crippen molar-refractivity contribution in [2.75, 3.05) is 0 Å². The third-order valence-corrected chi connectivity index (χ3v) is 10.1. The van der Waals surface area contributed by atoms with Crippen LogP contribution in [0.3, 0.4) is 0 Å². The maximum Gasteiger partial charge on any atom is 0.236 e. The van der Waals surface area contributed by atoms with Crippen LogP contribution in [0.25, 0.3) is 91.6 Å². The van der Waals surface area contributed by atoms with E-state index in [-0.39, 0.29) is 0 Å². The average molecular weight is 578 g/mol. The van der Waals surface area contributed by atoms with E-state index in [1.54, 1.807) is 11.3 Å². The zero-order valence-electron chi connectivity index (χ0n) is 23.5. The van der Waals surface area contributed by atoms with Gasteiger partial charge < -0.3 is 0 Å². The first kappa shape index (κ1) is 23.9. The summed E-state index contributed by atoms with van der Waals surface area (Å²) in [6.07, 6.45) is 0. The number of hydrogen-bond donors (Lipinski definition) is 0. The van der Waals surface area contributed by atoms with E-state index in [0.29, 0.717) is 5.95 Å². The summed E-state index contributed by atoms with van der Waals surface area (Å²) in [6.45, 7) is 0. The molecule has 3 aromatic heterocycles. The molecular weight excluding hydrogens is 555 g/mol. The highest BCUT2D eigenvalue weighted by Gasteiger charge is 2.21. The van der Waals surface area contributed by atoms with Crippen molar-refractivity contribution in [3.8, 4) is 17.2 Å². The van der Waals surface area contributed by atoms with Crippen LogP contribution in [-0.4, -0.2) is 14.5 Å². The van der Waals surface area contributed by atoms with E-state index in [1.165, 1.54) is 53.2 Å². The quantitative estimate of drug-likeness (QED) is 0.191. The van der Waals surface area contributed by atoms with E-state index in [4.69, 9.17) is 9.97 Å². The van der Waals surface area contributed by atoms with Crippen molar-refractivity contribution in [3.05, 3.63) is 140 Å². The molecular formula is C40H23N3S. The summed E-state index contributed by atoms with van der Waals surface area (Å²) >= 11 is 1.74. The molecule has 0 aliphatic heterocycles. The third-order valence-electron chi connectivity index (χ3n) is 8.99. The van der Waals surface area contributed by atoms with Gasteiger partial charge in [-0.05, 0) is 62.6 Å². The van der Waals surface area contributed by atoms with Crippen LogP contribution in [0.1, 0.15) is 0 Å². The Bertz CT molecular complexity index is 2790. The Balaban J connectivity index is 1.39. The molecule has 0 spiro atoms. The number of benzene rings is 7. The molecule has 0 amide bonds. The van der Waals surface area contributed by atoms with Crippen molar-refractivity contribution in [2.24, 2.45) is 0 Å². The summed E-state index contributed by atoms with van der Waals surface area (Å²) in [5, 5.41) is 12.0. The molecule has 3 nitrogen and oxygen atoms in total. The van der Waals surface area contributed by atoms with Crippen LogP contribution < -0.4 is 0 Å². The molecule has 7 aromatic carbocycles. The summed E-state index contributed by atoms with van der Waals surface area (Å²) in [5.41, 5.74) is 4.31. The van der Waals surface area contributed by atoms with Gasteiger partial charge in [-0.3, -0.25) is 4.57 Å². The lowest BCUT2D eigenvalue weighted by atomic mass is 9.94. The van der Waals surface area contributed by atoms with Crippen molar-refractivity contribution in [1.29, 1.82) is 0 Å². The fraction of sp³-hybridized carbons (Fsp3) is 0. The van der Waals surface area contributed by atoms with E-state index in [9.17, 15) is 0 Å². The van der Waals surface area contributed by atoms with Crippen molar-refractivity contribution in [1.82, 2.24) is 14.5 Å². The lowest BCUT2D eigenvalue weighted by molar-refractivity contribution is 1.02. The van der Waals surface area contributed by atoms with Crippen molar-refractivity contribution >= 4 is 85.8 Å². The number of thiophene rings is 1. The normalized spacial score (nSPS) is 12.1. The van der Waals surface area contributed by atoms with Gasteiger partial charge in [0.2, 0.25) is 5.95 Å². The standard InChI is InChI=1S/C40H23N3S/c1-2-12-25-23-35-32(21-24(25)11-1)30-17-7-9-19-34(30)43(35)40-41-38(37-31-18-8-10-20-36(31)44-39(37)42-40)33-22-26-13-3-4-14-27(26)28-15-5-6-16-29(28)33/h1-23H. The fourth-order valence-corrected chi connectivity index (χ4v) is 8.10. The molecule has 0 aliphatic carbocycles. The van der Waals surface area contributed by atoms with Crippen molar-refractivity contribution in [3.63, 3.8) is 0 Å². The molecule has 0 fully saturated rings. The maximum absolute atomic E-state index is 5.53. The molecule has 0 bridgehead atoms. The van der Waals surface area contributed by atoms with Crippen LogP contribution in [-0.2, 0) is 0 Å². The fourth-order valence-electron chi connectivity index (χ4n) is 7.03. The zero-order chi connectivity index (χ0) is 28.8. The number of aromatic nitrogens is 3. The van der Waals surface area contributed by atoms with E-state index >= 15 is 0 Å². The van der Waals surface area contributed by atoms with Gasteiger partial charge in [-0.1, -0.05) is 109 Å². The van der Waals surface area contributed by atoms with Crippen LogP contribution in [0, 0.1) is 0 Å². The van der Waals surface area contributed by atoms with Gasteiger partial charge in [0, 0.05) is 31.8 Å². The summed E-state index contributed by atoms with van der Waals surface area (Å²) in [7, 11) is 0. The number of fused-ring (bicyclic) bond motifs is 10. The summed E-state index contributed by atoms with van der Waals surface area (Å²) in [4.78, 5) is 11.9. The van der Waals surface area contributed by atoms with Gasteiger partial charge in [-0.15, -0.1) is 11.3 Å². The lowest BCUT2D eigenvalue weighted by Gasteiger charge is -2.14. The van der Waals surface area contributed by atoms with E-state index in [2.05, 4.69) is 144 Å². The van der Waals surface area contributed by atoms with E-state index < -0.39 is 0 Å². The molecule has 0 saturated heterocycles. The largest absolute Gasteiger partial charge is 0.278 e. The topological polar surface area (TPSA) is 30.7 Å². The first-order valence-corrected chi connectivity index (χ1v) is 15.7. The average Bonchev–Trinajstić information content (AvgIpc) is 3.62. The second kappa shape index (κ2) is 8.96. The molecule has 0 radical (unpaired) electrons. The minimum atomic E-state index is 0.692. The van der Waals surface area contributed by atoms with Crippen LogP contribution in [0.2, 0.25) is 0 Å². The van der Waals surface area contributed by atoms with Gasteiger partial charge in [0.25, 0.3) is 0 Å². The summed E-state index contributed by atoms with van der Waals surface area (Å²) in [5.74, 6) is 0.692. The van der Waals surface area contributed by atoms with Gasteiger partial charge in [-0.2, -0.15) is 0 Å². The molecule has 4 heteroatoms. The van der Waals surface area contributed by atoms with Gasteiger partial charge >= 0.3 is 0 Å². The Kier molecular flexibility index (Phi) is 4.87. The third kappa shape index (κ3) is 3.31. The molecule has 0 N–H and O–H groups in total. The highest BCUT2D eigenvalue weighted by atomic mass is 32.1. The minimum absolute atomic E-state index is 0.692. The first-order chi connectivity index (χ1) is 21.8. The van der Waals surface area contributed by atoms with Gasteiger partial charge in [-0.25, -0.2) is 9.97 Å². The molecule has 3 heterocycles. The molecule has 0 atom stereocenters. The van der Waals surface area contributed by atoms with Gasteiger partial charge in [0.15, 0.2) is 0 Å². The summed E-state index contributed by atoms with van der Waals surface area (Å²) < 4.78 is 3.47. The Morgan fingerprint density at radius 3 is 1.93 bits per heavy atom. The highest BCUT2D eigenvalue weighted by Crippen LogP contribution is 2.43. The number of para-hydroxylation sites is 1. The zero-order valence-corrected chi connectivity index (χ0v) is 24.3. The predicted octanol–water partition coefficient (Wildman–Crippen LogP) is 11.1. The molecule has 0 unspecified atom stereocenters.